The molecule has 6 rings (SSSR count). The number of fused-ring (bicyclic) bond motifs is 2. The Hall–Kier alpha value is -4.45. The molecule has 3 aromatic carbocycles. The number of H-pyrrole nitrogens is 1. The summed E-state index contributed by atoms with van der Waals surface area (Å²) < 4.78 is 3.61. The topological polar surface area (TPSA) is 72.2 Å². The molecule has 6 nitrogen and oxygen atoms in total. The third kappa shape index (κ3) is 2.62. The molecule has 0 atom stereocenters. The first-order chi connectivity index (χ1) is 15.2. The average molecular weight is 404 g/mol. The van der Waals surface area contributed by atoms with E-state index in [4.69, 9.17) is 4.99 Å². The maximum Gasteiger partial charge on any atom is 0.331 e. The SMILES string of the molecule is O=Cc1ccn(-c2ccc(-c3cccc4c3N=Cc3cccc5[nH]c(=O)n-4c35)cc2)c1. The fraction of sp³-hybridized carbons (Fsp3) is 0. The highest BCUT2D eigenvalue weighted by Crippen LogP contribution is 2.38. The fourth-order valence-corrected chi connectivity index (χ4v) is 4.19. The lowest BCUT2D eigenvalue weighted by atomic mass is 10.0. The van der Waals surface area contributed by atoms with Crippen molar-refractivity contribution in [3.05, 3.63) is 101 Å². The van der Waals surface area contributed by atoms with Crippen LogP contribution in [0.5, 0.6) is 0 Å². The van der Waals surface area contributed by atoms with E-state index in [1.807, 2.05) is 77.6 Å². The molecule has 0 spiro atoms. The normalized spacial score (nSPS) is 12.0. The molecule has 1 N–H and O–H groups in total. The van der Waals surface area contributed by atoms with Crippen molar-refractivity contribution in [2.75, 3.05) is 0 Å². The molecule has 0 aliphatic carbocycles. The minimum Gasteiger partial charge on any atom is -0.323 e. The summed E-state index contributed by atoms with van der Waals surface area (Å²) in [7, 11) is 0. The number of imidazole rings is 1. The highest BCUT2D eigenvalue weighted by Gasteiger charge is 2.19. The predicted octanol–water partition coefficient (Wildman–Crippen LogP) is 4.65. The number of nitrogens with one attached hydrogen (secondary N) is 1. The molecule has 148 valence electrons. The van der Waals surface area contributed by atoms with Gasteiger partial charge in [0.2, 0.25) is 0 Å². The van der Waals surface area contributed by atoms with Gasteiger partial charge in [-0.1, -0.05) is 36.4 Å². The number of rotatable bonds is 3. The van der Waals surface area contributed by atoms with Crippen molar-refractivity contribution in [1.29, 1.82) is 0 Å². The summed E-state index contributed by atoms with van der Waals surface area (Å²) in [6.07, 6.45) is 6.30. The van der Waals surface area contributed by atoms with Gasteiger partial charge in [0.15, 0.2) is 6.29 Å². The molecule has 0 unspecified atom stereocenters. The highest BCUT2D eigenvalue weighted by molar-refractivity contribution is 6.02. The van der Waals surface area contributed by atoms with Crippen LogP contribution in [-0.2, 0) is 0 Å². The van der Waals surface area contributed by atoms with E-state index < -0.39 is 0 Å². The highest BCUT2D eigenvalue weighted by atomic mass is 16.1. The van der Waals surface area contributed by atoms with Gasteiger partial charge in [0, 0.05) is 41.0 Å². The Morgan fingerprint density at radius 3 is 2.58 bits per heavy atom. The van der Waals surface area contributed by atoms with Crippen LogP contribution >= 0.6 is 0 Å². The number of para-hydroxylation sites is 2. The van der Waals surface area contributed by atoms with Gasteiger partial charge in [0.1, 0.15) is 0 Å². The number of benzene rings is 3. The van der Waals surface area contributed by atoms with E-state index in [2.05, 4.69) is 4.98 Å². The zero-order chi connectivity index (χ0) is 20.9. The number of nitrogens with zero attached hydrogens (tertiary/aromatic N) is 3. The first-order valence-electron chi connectivity index (χ1n) is 9.88. The van der Waals surface area contributed by atoms with Gasteiger partial charge in [-0.25, -0.2) is 4.79 Å². The van der Waals surface area contributed by atoms with Crippen molar-refractivity contribution in [2.24, 2.45) is 4.99 Å². The molecule has 0 fully saturated rings. The van der Waals surface area contributed by atoms with Gasteiger partial charge in [-0.2, -0.15) is 0 Å². The lowest BCUT2D eigenvalue weighted by Gasteiger charge is -2.12. The van der Waals surface area contributed by atoms with Gasteiger partial charge in [0.25, 0.3) is 0 Å². The van der Waals surface area contributed by atoms with Crippen LogP contribution in [0.4, 0.5) is 5.69 Å². The van der Waals surface area contributed by atoms with E-state index in [1.54, 1.807) is 16.8 Å². The summed E-state index contributed by atoms with van der Waals surface area (Å²) in [4.78, 5) is 31.4. The number of hydrogen-bond donors (Lipinski definition) is 1. The number of aromatic amines is 1. The average Bonchev–Trinajstić information content (AvgIpc) is 3.37. The quantitative estimate of drug-likeness (QED) is 0.436. The minimum absolute atomic E-state index is 0.180. The maximum atomic E-state index is 12.8. The van der Waals surface area contributed by atoms with E-state index >= 15 is 0 Å². The van der Waals surface area contributed by atoms with Crippen LogP contribution in [0.15, 0.2) is 88.9 Å². The lowest BCUT2D eigenvalue weighted by molar-refractivity contribution is 0.112. The maximum absolute atomic E-state index is 12.8. The molecule has 1 aliphatic heterocycles. The van der Waals surface area contributed by atoms with Gasteiger partial charge in [-0.15, -0.1) is 0 Å². The van der Waals surface area contributed by atoms with Crippen LogP contribution in [0.3, 0.4) is 0 Å². The second-order valence-electron chi connectivity index (χ2n) is 7.46. The number of aldehydes is 1. The summed E-state index contributed by atoms with van der Waals surface area (Å²) in [5.74, 6) is 0. The third-order valence-corrected chi connectivity index (χ3v) is 5.65. The predicted molar refractivity (Wildman–Crippen MR) is 121 cm³/mol. The Morgan fingerprint density at radius 1 is 0.935 bits per heavy atom. The summed E-state index contributed by atoms with van der Waals surface area (Å²) in [5, 5.41) is 0. The monoisotopic (exact) mass is 404 g/mol. The van der Waals surface area contributed by atoms with E-state index in [0.29, 0.717) is 5.56 Å². The van der Waals surface area contributed by atoms with Gasteiger partial charge in [-0.05, 0) is 35.9 Å². The van der Waals surface area contributed by atoms with E-state index in [9.17, 15) is 9.59 Å². The zero-order valence-corrected chi connectivity index (χ0v) is 16.3. The first kappa shape index (κ1) is 17.4. The van der Waals surface area contributed by atoms with Crippen LogP contribution in [0.1, 0.15) is 15.9 Å². The van der Waals surface area contributed by atoms with Crippen LogP contribution in [0.25, 0.3) is 33.5 Å². The second kappa shape index (κ2) is 6.53. The molecule has 0 saturated carbocycles. The van der Waals surface area contributed by atoms with Crippen LogP contribution in [-0.4, -0.2) is 26.6 Å². The molecular weight excluding hydrogens is 388 g/mol. The molecule has 0 bridgehead atoms. The van der Waals surface area contributed by atoms with Gasteiger partial charge in [0.05, 0.1) is 22.4 Å². The van der Waals surface area contributed by atoms with E-state index in [-0.39, 0.29) is 5.69 Å². The van der Waals surface area contributed by atoms with Gasteiger partial charge >= 0.3 is 5.69 Å². The van der Waals surface area contributed by atoms with Crippen molar-refractivity contribution < 1.29 is 4.79 Å². The zero-order valence-electron chi connectivity index (χ0n) is 16.3. The number of carbonyl (C=O) groups is 1. The van der Waals surface area contributed by atoms with Crippen LogP contribution < -0.4 is 5.69 Å². The third-order valence-electron chi connectivity index (χ3n) is 5.65. The number of aromatic nitrogens is 3. The molecule has 0 radical (unpaired) electrons. The molecule has 3 heterocycles. The standard InChI is InChI=1S/C25H16N4O2/c30-15-16-11-12-28(14-16)19-9-7-17(8-10-19)20-4-2-6-22-23(20)26-13-18-3-1-5-21-24(18)29(22)25(31)27-21/h1-15H,(H,27,31). The molecule has 31 heavy (non-hydrogen) atoms. The van der Waals surface area contributed by atoms with Crippen molar-refractivity contribution in [3.8, 4) is 22.5 Å². The van der Waals surface area contributed by atoms with Crippen LogP contribution in [0, 0.1) is 0 Å². The van der Waals surface area contributed by atoms with Crippen molar-refractivity contribution in [1.82, 2.24) is 14.1 Å². The fourth-order valence-electron chi connectivity index (χ4n) is 4.19. The number of aliphatic imine (C=N–C) groups is 1. The lowest BCUT2D eigenvalue weighted by Crippen LogP contribution is -2.14. The molecule has 5 aromatic rings. The summed E-state index contributed by atoms with van der Waals surface area (Å²) in [6.45, 7) is 0. The summed E-state index contributed by atoms with van der Waals surface area (Å²) >= 11 is 0. The van der Waals surface area contributed by atoms with E-state index in [0.717, 1.165) is 51.1 Å². The summed E-state index contributed by atoms with van der Waals surface area (Å²) in [6, 6.07) is 21.5. The minimum atomic E-state index is -0.180. The molecule has 2 aromatic heterocycles. The molecule has 0 saturated heterocycles. The van der Waals surface area contributed by atoms with Gasteiger partial charge < -0.3 is 9.55 Å². The Bertz CT molecular complexity index is 1570. The first-order valence-corrected chi connectivity index (χ1v) is 9.88. The largest absolute Gasteiger partial charge is 0.331 e. The molecular formula is C25H16N4O2. The van der Waals surface area contributed by atoms with Crippen molar-refractivity contribution in [3.63, 3.8) is 0 Å². The van der Waals surface area contributed by atoms with E-state index in [1.165, 1.54) is 0 Å². The molecule has 0 amide bonds. The Balaban J connectivity index is 1.51. The molecule has 1 aliphatic rings. The number of carbonyl (C=O) groups excluding carboxylic acids is 1. The smallest absolute Gasteiger partial charge is 0.323 e. The summed E-state index contributed by atoms with van der Waals surface area (Å²) in [5.41, 5.74) is 7.36. The Kier molecular flexibility index (Phi) is 3.67. The van der Waals surface area contributed by atoms with Crippen LogP contribution in [0.2, 0.25) is 0 Å². The van der Waals surface area contributed by atoms with Gasteiger partial charge in [-0.3, -0.25) is 14.4 Å². The van der Waals surface area contributed by atoms with Crippen molar-refractivity contribution in [2.45, 2.75) is 0 Å². The Morgan fingerprint density at radius 2 is 1.77 bits per heavy atom. The molecule has 6 heteroatoms. The Labute approximate surface area is 176 Å². The second-order valence-corrected chi connectivity index (χ2v) is 7.46. The number of hydrogen-bond acceptors (Lipinski definition) is 3. The van der Waals surface area contributed by atoms with Crippen molar-refractivity contribution >= 4 is 29.2 Å².